The second kappa shape index (κ2) is 7.87. The fourth-order valence-electron chi connectivity index (χ4n) is 3.23. The second-order valence-corrected chi connectivity index (χ2v) is 6.73. The van der Waals surface area contributed by atoms with Crippen molar-refractivity contribution >= 4 is 11.7 Å². The van der Waals surface area contributed by atoms with Crippen LogP contribution < -0.4 is 20.7 Å². The quantitative estimate of drug-likeness (QED) is 0.801. The number of halogens is 1. The molecule has 0 spiro atoms. The van der Waals surface area contributed by atoms with Crippen LogP contribution in [0, 0.1) is 19.7 Å². The smallest absolute Gasteiger partial charge is 0.286 e. The number of benzene rings is 1. The minimum absolute atomic E-state index is 0.0400. The zero-order valence-electron chi connectivity index (χ0n) is 15.8. The van der Waals surface area contributed by atoms with Gasteiger partial charge in [0.1, 0.15) is 5.82 Å². The van der Waals surface area contributed by atoms with Crippen molar-refractivity contribution in [2.75, 3.05) is 25.1 Å². The van der Waals surface area contributed by atoms with Crippen molar-refractivity contribution in [3.05, 3.63) is 46.7 Å². The number of hydrogen-bond donors (Lipinski definition) is 2. The van der Waals surface area contributed by atoms with Gasteiger partial charge in [-0.25, -0.2) is 14.4 Å². The van der Waals surface area contributed by atoms with Crippen LogP contribution in [0.1, 0.15) is 33.9 Å². The van der Waals surface area contributed by atoms with Gasteiger partial charge in [-0.15, -0.1) is 0 Å². The molecule has 1 amide bonds. The highest BCUT2D eigenvalue weighted by Crippen LogP contribution is 2.24. The van der Waals surface area contributed by atoms with E-state index in [1.54, 1.807) is 6.07 Å². The lowest BCUT2D eigenvalue weighted by molar-refractivity contribution is 0.0990. The number of aryl methyl sites for hydroxylation is 1. The number of methoxy groups -OCH3 is 1. The molecule has 1 saturated heterocycles. The second-order valence-electron chi connectivity index (χ2n) is 6.73. The minimum Gasteiger partial charge on any atom is -0.494 e. The molecule has 0 unspecified atom stereocenters. The van der Waals surface area contributed by atoms with Crippen molar-refractivity contribution in [3.8, 4) is 5.75 Å². The molecule has 7 nitrogen and oxygen atoms in total. The molecule has 1 aliphatic heterocycles. The van der Waals surface area contributed by atoms with Crippen molar-refractivity contribution in [1.82, 2.24) is 15.3 Å². The van der Waals surface area contributed by atoms with Crippen LogP contribution >= 0.6 is 0 Å². The minimum atomic E-state index is -0.630. The summed E-state index contributed by atoms with van der Waals surface area (Å²) in [5, 5.41) is 3.45. The van der Waals surface area contributed by atoms with Crippen LogP contribution in [-0.2, 0) is 6.54 Å². The molecule has 1 aromatic carbocycles. The number of hydrogen-bond acceptors (Lipinski definition) is 6. The van der Waals surface area contributed by atoms with Gasteiger partial charge in [-0.2, -0.15) is 0 Å². The summed E-state index contributed by atoms with van der Waals surface area (Å²) in [6, 6.07) is 5.20. The first-order chi connectivity index (χ1) is 12.9. The van der Waals surface area contributed by atoms with Crippen molar-refractivity contribution in [1.29, 1.82) is 0 Å². The Balaban J connectivity index is 1.65. The van der Waals surface area contributed by atoms with Crippen LogP contribution in [0.25, 0.3) is 0 Å². The lowest BCUT2D eigenvalue weighted by atomic mass is 10.2. The van der Waals surface area contributed by atoms with E-state index in [2.05, 4.69) is 20.2 Å². The van der Waals surface area contributed by atoms with E-state index in [4.69, 9.17) is 10.5 Å². The number of aromatic nitrogens is 2. The Bertz CT molecular complexity index is 858. The summed E-state index contributed by atoms with van der Waals surface area (Å²) in [6.07, 6.45) is 0.924. The topological polar surface area (TPSA) is 93.4 Å². The van der Waals surface area contributed by atoms with Crippen molar-refractivity contribution in [3.63, 3.8) is 0 Å². The van der Waals surface area contributed by atoms with Gasteiger partial charge >= 0.3 is 0 Å². The van der Waals surface area contributed by atoms with E-state index in [1.807, 2.05) is 19.9 Å². The highest BCUT2D eigenvalue weighted by Gasteiger charge is 2.26. The molecular weight excluding hydrogens is 349 g/mol. The lowest BCUT2D eigenvalue weighted by Crippen LogP contribution is -2.33. The number of primary amides is 1. The van der Waals surface area contributed by atoms with E-state index in [-0.39, 0.29) is 23.4 Å². The molecule has 1 atom stereocenters. The van der Waals surface area contributed by atoms with E-state index in [9.17, 15) is 9.18 Å². The number of rotatable bonds is 6. The molecule has 8 heteroatoms. The number of anilines is 1. The normalized spacial score (nSPS) is 16.6. The van der Waals surface area contributed by atoms with Gasteiger partial charge in [0, 0.05) is 36.9 Å². The molecule has 1 fully saturated rings. The maximum Gasteiger partial charge on any atom is 0.286 e. The maximum atomic E-state index is 13.8. The average Bonchev–Trinajstić information content (AvgIpc) is 3.11. The third-order valence-corrected chi connectivity index (χ3v) is 4.88. The molecule has 3 rings (SSSR count). The first-order valence-electron chi connectivity index (χ1n) is 8.84. The maximum absolute atomic E-state index is 13.8. The Morgan fingerprint density at radius 1 is 1.41 bits per heavy atom. The molecule has 1 aromatic heterocycles. The number of amides is 1. The van der Waals surface area contributed by atoms with Crippen molar-refractivity contribution < 1.29 is 13.9 Å². The Morgan fingerprint density at radius 2 is 2.19 bits per heavy atom. The number of carbonyl (C=O) groups excluding carboxylic acids is 1. The van der Waals surface area contributed by atoms with E-state index in [0.29, 0.717) is 6.54 Å². The number of carbonyl (C=O) groups is 1. The van der Waals surface area contributed by atoms with Crippen LogP contribution in [0.2, 0.25) is 0 Å². The standard InChI is InChI=1S/C19H24FN5O2/c1-11-12(2)23-18(17(21)26)24-19(11)25-7-6-14(10-25)22-9-13-4-5-16(27-3)15(20)8-13/h4-5,8,14,22H,6-7,9-10H2,1-3H3,(H2,21,26)/t14-/m1/s1. The third-order valence-electron chi connectivity index (χ3n) is 4.88. The molecule has 1 aliphatic rings. The Labute approximate surface area is 157 Å². The summed E-state index contributed by atoms with van der Waals surface area (Å²) >= 11 is 0. The van der Waals surface area contributed by atoms with E-state index in [1.165, 1.54) is 13.2 Å². The average molecular weight is 373 g/mol. The highest BCUT2D eigenvalue weighted by atomic mass is 19.1. The summed E-state index contributed by atoms with van der Waals surface area (Å²) in [5.41, 5.74) is 7.89. The Kier molecular flexibility index (Phi) is 5.55. The Hall–Kier alpha value is -2.74. The summed E-state index contributed by atoms with van der Waals surface area (Å²) in [6.45, 7) is 5.90. The van der Waals surface area contributed by atoms with Crippen LogP contribution in [0.4, 0.5) is 10.2 Å². The fraction of sp³-hybridized carbons (Fsp3) is 0.421. The number of nitrogens with two attached hydrogens (primary N) is 1. The lowest BCUT2D eigenvalue weighted by Gasteiger charge is -2.21. The summed E-state index contributed by atoms with van der Waals surface area (Å²) in [4.78, 5) is 22.1. The SMILES string of the molecule is COc1ccc(CN[C@@H]2CCN(c3nc(C(N)=O)nc(C)c3C)C2)cc1F. The van der Waals surface area contributed by atoms with Crippen molar-refractivity contribution in [2.24, 2.45) is 5.73 Å². The summed E-state index contributed by atoms with van der Waals surface area (Å²) < 4.78 is 18.7. The fourth-order valence-corrected chi connectivity index (χ4v) is 3.23. The van der Waals surface area contributed by atoms with Gasteiger partial charge in [-0.3, -0.25) is 4.79 Å². The van der Waals surface area contributed by atoms with E-state index >= 15 is 0 Å². The van der Waals surface area contributed by atoms with Gasteiger partial charge in [0.05, 0.1) is 7.11 Å². The van der Waals surface area contributed by atoms with Crippen LogP contribution in [0.3, 0.4) is 0 Å². The monoisotopic (exact) mass is 373 g/mol. The first-order valence-corrected chi connectivity index (χ1v) is 8.84. The largest absolute Gasteiger partial charge is 0.494 e. The molecule has 27 heavy (non-hydrogen) atoms. The number of nitrogens with zero attached hydrogens (tertiary/aromatic N) is 3. The molecule has 2 aromatic rings. The van der Waals surface area contributed by atoms with E-state index in [0.717, 1.165) is 42.1 Å². The highest BCUT2D eigenvalue weighted by molar-refractivity contribution is 5.89. The van der Waals surface area contributed by atoms with Crippen molar-refractivity contribution in [2.45, 2.75) is 32.9 Å². The molecule has 0 radical (unpaired) electrons. The Morgan fingerprint density at radius 3 is 2.85 bits per heavy atom. The summed E-state index contributed by atoms with van der Waals surface area (Å²) in [7, 11) is 1.45. The summed E-state index contributed by atoms with van der Waals surface area (Å²) in [5.74, 6) is 0.0330. The van der Waals surface area contributed by atoms with Gasteiger partial charge < -0.3 is 20.7 Å². The molecule has 3 N–H and O–H groups in total. The van der Waals surface area contributed by atoms with Gasteiger partial charge in [-0.05, 0) is 38.0 Å². The first kappa shape index (κ1) is 19.0. The number of ether oxygens (including phenoxy) is 1. The van der Waals surface area contributed by atoms with Crippen LogP contribution in [0.5, 0.6) is 5.75 Å². The van der Waals surface area contributed by atoms with Gasteiger partial charge in [0.15, 0.2) is 11.6 Å². The van der Waals surface area contributed by atoms with Gasteiger partial charge in [0.25, 0.3) is 5.91 Å². The predicted molar refractivity (Wildman–Crippen MR) is 100 cm³/mol. The van der Waals surface area contributed by atoms with Crippen LogP contribution in [0.15, 0.2) is 18.2 Å². The molecule has 144 valence electrons. The van der Waals surface area contributed by atoms with Crippen LogP contribution in [-0.4, -0.2) is 42.1 Å². The molecular formula is C19H24FN5O2. The number of nitrogens with one attached hydrogen (secondary N) is 1. The zero-order chi connectivity index (χ0) is 19.6. The van der Waals surface area contributed by atoms with E-state index < -0.39 is 5.91 Å². The molecule has 0 aliphatic carbocycles. The van der Waals surface area contributed by atoms with Gasteiger partial charge in [0.2, 0.25) is 5.82 Å². The third kappa shape index (κ3) is 4.16. The predicted octanol–water partition coefficient (Wildman–Crippen LogP) is 1.71. The molecule has 0 saturated carbocycles. The van der Waals surface area contributed by atoms with Gasteiger partial charge in [-0.1, -0.05) is 6.07 Å². The molecule has 2 heterocycles. The molecule has 0 bridgehead atoms. The zero-order valence-corrected chi connectivity index (χ0v) is 15.8.